The zero-order valence-corrected chi connectivity index (χ0v) is 15.9. The van der Waals surface area contributed by atoms with Crippen LogP contribution in [-0.4, -0.2) is 41.1 Å². The molecule has 150 valence electrons. The summed E-state index contributed by atoms with van der Waals surface area (Å²) in [6, 6.07) is 3.03. The van der Waals surface area contributed by atoms with E-state index in [1.54, 1.807) is 19.9 Å². The molecule has 3 rings (SSSR count). The van der Waals surface area contributed by atoms with E-state index in [0.29, 0.717) is 11.3 Å². The third-order valence-electron chi connectivity index (χ3n) is 3.92. The molecule has 0 radical (unpaired) electrons. The number of rotatable bonds is 4. The van der Waals surface area contributed by atoms with Crippen molar-refractivity contribution in [2.75, 3.05) is 6.26 Å². The number of imidazole rings is 1. The third kappa shape index (κ3) is 4.21. The summed E-state index contributed by atoms with van der Waals surface area (Å²) in [5.74, 6) is -2.22. The monoisotopic (exact) mass is 415 g/mol. The molecule has 1 atom stereocenters. The van der Waals surface area contributed by atoms with Gasteiger partial charge in [-0.15, -0.1) is 0 Å². The molecule has 3 heterocycles. The zero-order valence-electron chi connectivity index (χ0n) is 15.1. The standard InChI is InChI=1S/C16H16F3N5O3S/c1-9(2)28(3,26)23-13(25)6-11-8-24-7-10(4-5-12(24)20-11)14-21-15(27-22-14)16(17,18)19/h4-5,7-9H,6H2,1-3H3. The predicted molar refractivity (Wildman–Crippen MR) is 93.8 cm³/mol. The average molecular weight is 415 g/mol. The highest BCUT2D eigenvalue weighted by molar-refractivity contribution is 7.93. The van der Waals surface area contributed by atoms with E-state index in [4.69, 9.17) is 0 Å². The van der Waals surface area contributed by atoms with E-state index in [1.165, 1.54) is 29.1 Å². The number of aromatic nitrogens is 4. The molecule has 0 bridgehead atoms. The Balaban J connectivity index is 1.86. The normalized spacial score (nSPS) is 14.4. The van der Waals surface area contributed by atoms with Gasteiger partial charge in [0.2, 0.25) is 5.82 Å². The van der Waals surface area contributed by atoms with E-state index in [0.717, 1.165) is 0 Å². The number of amides is 1. The second-order valence-electron chi connectivity index (χ2n) is 6.41. The number of carbonyl (C=O) groups excluding carboxylic acids is 1. The molecule has 8 nitrogen and oxygen atoms in total. The van der Waals surface area contributed by atoms with Gasteiger partial charge in [-0.1, -0.05) is 19.0 Å². The van der Waals surface area contributed by atoms with Crippen LogP contribution in [0.3, 0.4) is 0 Å². The van der Waals surface area contributed by atoms with Crippen molar-refractivity contribution in [1.82, 2.24) is 19.5 Å². The smallest absolute Gasteiger partial charge is 0.329 e. The van der Waals surface area contributed by atoms with Crippen LogP contribution < -0.4 is 0 Å². The maximum absolute atomic E-state index is 12.6. The lowest BCUT2D eigenvalue weighted by molar-refractivity contribution is -0.159. The van der Waals surface area contributed by atoms with Gasteiger partial charge in [0.25, 0.3) is 5.91 Å². The molecule has 1 amide bonds. The zero-order chi connectivity index (χ0) is 20.7. The second-order valence-corrected chi connectivity index (χ2v) is 9.26. The molecule has 0 aliphatic heterocycles. The summed E-state index contributed by atoms with van der Waals surface area (Å²) in [5, 5.41) is 3.06. The molecule has 0 aliphatic carbocycles. The number of pyridine rings is 1. The van der Waals surface area contributed by atoms with Crippen LogP contribution in [-0.2, 0) is 27.1 Å². The van der Waals surface area contributed by atoms with Gasteiger partial charge in [0.15, 0.2) is 0 Å². The van der Waals surface area contributed by atoms with Gasteiger partial charge in [-0.25, -0.2) is 9.19 Å². The number of hydrogen-bond acceptors (Lipinski definition) is 6. The minimum absolute atomic E-state index is 0.144. The fraction of sp³-hybridized carbons (Fsp3) is 0.375. The molecule has 0 spiro atoms. The fourth-order valence-corrected chi connectivity index (χ4v) is 2.89. The number of alkyl halides is 3. The Morgan fingerprint density at radius 3 is 2.61 bits per heavy atom. The summed E-state index contributed by atoms with van der Waals surface area (Å²) in [6.07, 6.45) is -0.449. The van der Waals surface area contributed by atoms with Crippen LogP contribution >= 0.6 is 0 Å². The average Bonchev–Trinajstić information content (AvgIpc) is 3.19. The predicted octanol–water partition coefficient (Wildman–Crippen LogP) is 2.98. The highest BCUT2D eigenvalue weighted by Gasteiger charge is 2.38. The highest BCUT2D eigenvalue weighted by atomic mass is 32.2. The maximum atomic E-state index is 12.6. The fourth-order valence-electron chi connectivity index (χ4n) is 2.21. The van der Waals surface area contributed by atoms with Crippen molar-refractivity contribution in [1.29, 1.82) is 0 Å². The van der Waals surface area contributed by atoms with Crippen LogP contribution in [0.15, 0.2) is 33.4 Å². The van der Waals surface area contributed by atoms with Gasteiger partial charge >= 0.3 is 12.1 Å². The topological polar surface area (TPSA) is 103 Å². The van der Waals surface area contributed by atoms with Crippen molar-refractivity contribution >= 4 is 21.3 Å². The van der Waals surface area contributed by atoms with Crippen LogP contribution in [0.5, 0.6) is 0 Å². The molecule has 3 aromatic heterocycles. The minimum Gasteiger partial charge on any atom is -0.329 e. The van der Waals surface area contributed by atoms with Crippen molar-refractivity contribution in [2.24, 2.45) is 4.36 Å². The van der Waals surface area contributed by atoms with Crippen LogP contribution in [0.2, 0.25) is 0 Å². The van der Waals surface area contributed by atoms with Gasteiger partial charge < -0.3 is 8.92 Å². The van der Waals surface area contributed by atoms with Crippen LogP contribution in [0.4, 0.5) is 13.2 Å². The SMILES string of the molecule is CC(C)S(C)(=O)=NC(=O)Cc1cn2cc(-c3noc(C(F)(F)F)n3)ccc2n1. The van der Waals surface area contributed by atoms with E-state index in [-0.39, 0.29) is 23.1 Å². The molecule has 0 N–H and O–H groups in total. The second kappa shape index (κ2) is 7.00. The minimum atomic E-state index is -4.73. The first-order chi connectivity index (χ1) is 13.0. The molecule has 0 aromatic carbocycles. The lowest BCUT2D eigenvalue weighted by Gasteiger charge is -2.06. The molecule has 3 aromatic rings. The number of hydrogen-bond donors (Lipinski definition) is 0. The summed E-state index contributed by atoms with van der Waals surface area (Å²) < 4.78 is 59.5. The van der Waals surface area contributed by atoms with Crippen molar-refractivity contribution in [2.45, 2.75) is 31.7 Å². The van der Waals surface area contributed by atoms with Gasteiger partial charge in [-0.05, 0) is 12.1 Å². The summed E-state index contributed by atoms with van der Waals surface area (Å²) >= 11 is 0. The van der Waals surface area contributed by atoms with Gasteiger partial charge in [0, 0.05) is 29.5 Å². The summed E-state index contributed by atoms with van der Waals surface area (Å²) in [7, 11) is -2.63. The highest BCUT2D eigenvalue weighted by Crippen LogP contribution is 2.29. The molecule has 0 saturated heterocycles. The van der Waals surface area contributed by atoms with Gasteiger partial charge in [0.05, 0.1) is 21.8 Å². The Labute approximate surface area is 158 Å². The van der Waals surface area contributed by atoms with Crippen molar-refractivity contribution in [3.63, 3.8) is 0 Å². The number of fused-ring (bicyclic) bond motifs is 1. The van der Waals surface area contributed by atoms with E-state index in [9.17, 15) is 22.2 Å². The Kier molecular flexibility index (Phi) is 5.00. The van der Waals surface area contributed by atoms with Crippen molar-refractivity contribution < 1.29 is 26.7 Å². The van der Waals surface area contributed by atoms with E-state index >= 15 is 0 Å². The summed E-state index contributed by atoms with van der Waals surface area (Å²) in [4.78, 5) is 19.6. The van der Waals surface area contributed by atoms with E-state index in [1.807, 2.05) is 0 Å². The Hall–Kier alpha value is -2.76. The molecule has 28 heavy (non-hydrogen) atoms. The van der Waals surface area contributed by atoms with Gasteiger partial charge in [-0.2, -0.15) is 22.5 Å². The van der Waals surface area contributed by atoms with E-state index in [2.05, 4.69) is 24.0 Å². The number of nitrogens with zero attached hydrogens (tertiary/aromatic N) is 5. The first kappa shape index (κ1) is 20.0. The Bertz CT molecular complexity index is 1160. The van der Waals surface area contributed by atoms with Gasteiger partial charge in [-0.3, -0.25) is 4.79 Å². The van der Waals surface area contributed by atoms with E-state index < -0.39 is 27.7 Å². The number of carbonyl (C=O) groups is 1. The molecule has 1 unspecified atom stereocenters. The lowest BCUT2D eigenvalue weighted by Crippen LogP contribution is -2.14. The summed E-state index contributed by atoms with van der Waals surface area (Å²) in [5.41, 5.74) is 1.13. The van der Waals surface area contributed by atoms with Crippen molar-refractivity contribution in [3.8, 4) is 11.4 Å². The van der Waals surface area contributed by atoms with Crippen molar-refractivity contribution in [3.05, 3.63) is 36.1 Å². The molecule has 0 fully saturated rings. The van der Waals surface area contributed by atoms with Gasteiger partial charge in [0.1, 0.15) is 5.65 Å². The molecular formula is C16H16F3N5O3S. The third-order valence-corrected chi connectivity index (χ3v) is 6.23. The molecule has 0 aliphatic rings. The lowest BCUT2D eigenvalue weighted by atomic mass is 10.3. The summed E-state index contributed by atoms with van der Waals surface area (Å²) in [6.45, 7) is 3.43. The largest absolute Gasteiger partial charge is 0.471 e. The Morgan fingerprint density at radius 2 is 2.00 bits per heavy atom. The quantitative estimate of drug-likeness (QED) is 0.649. The van der Waals surface area contributed by atoms with Crippen LogP contribution in [0.25, 0.3) is 17.0 Å². The molecule has 12 heteroatoms. The maximum Gasteiger partial charge on any atom is 0.471 e. The van der Waals surface area contributed by atoms with Crippen LogP contribution in [0, 0.1) is 0 Å². The van der Waals surface area contributed by atoms with Crippen LogP contribution in [0.1, 0.15) is 25.4 Å². The first-order valence-corrected chi connectivity index (χ1v) is 10.1. The molecule has 0 saturated carbocycles. The number of halogens is 3. The molecular weight excluding hydrogens is 399 g/mol. The first-order valence-electron chi connectivity index (χ1n) is 8.08. The Morgan fingerprint density at radius 1 is 1.29 bits per heavy atom.